The number of aliphatic hydroxyl groups is 1. The van der Waals surface area contributed by atoms with Crippen LogP contribution in [-0.2, 0) is 0 Å². The summed E-state index contributed by atoms with van der Waals surface area (Å²) in [6, 6.07) is 14.0. The summed E-state index contributed by atoms with van der Waals surface area (Å²) in [6.07, 6.45) is 4.30. The highest BCUT2D eigenvalue weighted by Crippen LogP contribution is 2.41. The minimum atomic E-state index is 0.238. The number of nitrogens with zero attached hydrogens (tertiary/aromatic N) is 5. The number of benzene rings is 1. The van der Waals surface area contributed by atoms with Crippen LogP contribution in [-0.4, -0.2) is 45.0 Å². The van der Waals surface area contributed by atoms with Crippen molar-refractivity contribution in [2.45, 2.75) is 31.6 Å². The second-order valence-corrected chi connectivity index (χ2v) is 10.2. The van der Waals surface area contributed by atoms with Crippen LogP contribution >= 0.6 is 11.3 Å². The summed E-state index contributed by atoms with van der Waals surface area (Å²) in [7, 11) is 0. The summed E-state index contributed by atoms with van der Waals surface area (Å²) in [5.41, 5.74) is 3.75. The molecule has 6 rings (SSSR count). The molecule has 1 saturated carbocycles. The van der Waals surface area contributed by atoms with Crippen LogP contribution in [0.1, 0.15) is 42.9 Å². The molecule has 2 aliphatic rings. The summed E-state index contributed by atoms with van der Waals surface area (Å²) < 4.78 is 0.976. The van der Waals surface area contributed by atoms with Gasteiger partial charge in [-0.2, -0.15) is 15.3 Å². The predicted octanol–water partition coefficient (Wildman–Crippen LogP) is 4.78. The van der Waals surface area contributed by atoms with E-state index in [2.05, 4.69) is 38.6 Å². The topological polar surface area (TPSA) is 114 Å². The number of fused-ring (bicyclic) bond motifs is 1. The second-order valence-electron chi connectivity index (χ2n) is 9.11. The Kier molecular flexibility index (Phi) is 5.40. The third-order valence-corrected chi connectivity index (χ3v) is 7.86. The Morgan fingerprint density at radius 3 is 2.62 bits per heavy atom. The van der Waals surface area contributed by atoms with Gasteiger partial charge >= 0.3 is 0 Å². The molecule has 3 aromatic heterocycles. The first-order valence-corrected chi connectivity index (χ1v) is 12.5. The summed E-state index contributed by atoms with van der Waals surface area (Å²) >= 11 is 1.63. The molecule has 1 aliphatic heterocycles. The van der Waals surface area contributed by atoms with Crippen molar-refractivity contribution >= 4 is 39.1 Å². The van der Waals surface area contributed by atoms with Crippen LogP contribution in [0, 0.1) is 17.2 Å². The van der Waals surface area contributed by atoms with E-state index in [-0.39, 0.29) is 6.61 Å². The number of piperidine rings is 1. The monoisotopic (exact) mass is 471 g/mol. The van der Waals surface area contributed by atoms with E-state index in [4.69, 9.17) is 15.2 Å². The highest BCUT2D eigenvalue weighted by molar-refractivity contribution is 7.22. The third kappa shape index (κ3) is 4.11. The van der Waals surface area contributed by atoms with Gasteiger partial charge in [0.25, 0.3) is 0 Å². The molecule has 0 spiro atoms. The van der Waals surface area contributed by atoms with Crippen molar-refractivity contribution in [3.05, 3.63) is 47.7 Å². The molecule has 0 bridgehead atoms. The number of aromatic nitrogens is 4. The van der Waals surface area contributed by atoms with Crippen LogP contribution < -0.4 is 10.2 Å². The quantitative estimate of drug-likeness (QED) is 0.371. The molecule has 0 unspecified atom stereocenters. The average molecular weight is 472 g/mol. The lowest BCUT2D eigenvalue weighted by Crippen LogP contribution is -2.35. The Labute approximate surface area is 201 Å². The van der Waals surface area contributed by atoms with Gasteiger partial charge in [0.1, 0.15) is 0 Å². The maximum Gasteiger partial charge on any atom is 0.227 e. The molecule has 1 saturated heterocycles. The van der Waals surface area contributed by atoms with Crippen molar-refractivity contribution < 1.29 is 5.11 Å². The van der Waals surface area contributed by atoms with Gasteiger partial charge in [0.15, 0.2) is 11.6 Å². The zero-order valence-electron chi connectivity index (χ0n) is 18.7. The fraction of sp³-hybridized carbons (Fsp3) is 0.360. The molecule has 4 aromatic rings. The van der Waals surface area contributed by atoms with Gasteiger partial charge in [-0.15, -0.1) is 11.3 Å². The normalized spacial score (nSPS) is 16.6. The number of nitrogens with one attached hydrogen (secondary N) is 2. The molecule has 4 heterocycles. The molecule has 1 aromatic carbocycles. The first-order valence-electron chi connectivity index (χ1n) is 11.7. The minimum absolute atomic E-state index is 0.238. The highest BCUT2D eigenvalue weighted by atomic mass is 32.1. The maximum absolute atomic E-state index is 9.50. The zero-order valence-corrected chi connectivity index (χ0v) is 19.5. The fourth-order valence-electron chi connectivity index (χ4n) is 4.44. The molecule has 0 radical (unpaired) electrons. The molecule has 1 aliphatic carbocycles. The van der Waals surface area contributed by atoms with E-state index in [1.54, 1.807) is 11.3 Å². The number of aliphatic hydroxyl groups excluding tert-OH is 1. The summed E-state index contributed by atoms with van der Waals surface area (Å²) in [4.78, 5) is 13.1. The van der Waals surface area contributed by atoms with E-state index < -0.39 is 0 Å². The van der Waals surface area contributed by atoms with Gasteiger partial charge in [0.2, 0.25) is 5.95 Å². The first-order chi connectivity index (χ1) is 16.7. The Bertz CT molecular complexity index is 1360. The summed E-state index contributed by atoms with van der Waals surface area (Å²) in [5.74, 6) is 3.17. The Balaban J connectivity index is 1.38. The van der Waals surface area contributed by atoms with E-state index in [0.717, 1.165) is 58.2 Å². The number of hydrogen-bond acceptors (Lipinski definition) is 8. The van der Waals surface area contributed by atoms with Crippen LogP contribution in [0.2, 0.25) is 0 Å². The highest BCUT2D eigenvalue weighted by Gasteiger charge is 2.26. The van der Waals surface area contributed by atoms with Crippen LogP contribution in [0.3, 0.4) is 0 Å². The van der Waals surface area contributed by atoms with Crippen LogP contribution in [0.25, 0.3) is 20.7 Å². The molecule has 8 nitrogen and oxygen atoms in total. The van der Waals surface area contributed by atoms with E-state index in [1.165, 1.54) is 18.5 Å². The maximum atomic E-state index is 9.50. The SMILES string of the molecule is N#Cc1ccc(-c2cc3nc(N4CCC(CO)CC4)nc(Nc4cc(C5CC5)[nH]n4)c3s2)cc1. The molecule has 172 valence electrons. The number of hydrogen-bond donors (Lipinski definition) is 3. The van der Waals surface area contributed by atoms with Crippen LogP contribution in [0.4, 0.5) is 17.6 Å². The summed E-state index contributed by atoms with van der Waals surface area (Å²) in [6.45, 7) is 1.90. The van der Waals surface area contributed by atoms with Crippen molar-refractivity contribution in [3.8, 4) is 16.5 Å². The molecule has 9 heteroatoms. The Hall–Kier alpha value is -3.48. The number of rotatable bonds is 6. The lowest BCUT2D eigenvalue weighted by Gasteiger charge is -2.31. The van der Waals surface area contributed by atoms with Crippen molar-refractivity contribution in [3.63, 3.8) is 0 Å². The molecule has 0 amide bonds. The van der Waals surface area contributed by atoms with Crippen molar-refractivity contribution in [1.82, 2.24) is 20.2 Å². The first kappa shape index (κ1) is 21.1. The van der Waals surface area contributed by atoms with Gasteiger partial charge in [-0.3, -0.25) is 5.10 Å². The Morgan fingerprint density at radius 1 is 1.12 bits per heavy atom. The molecule has 34 heavy (non-hydrogen) atoms. The van der Waals surface area contributed by atoms with Crippen LogP contribution in [0.15, 0.2) is 36.4 Å². The van der Waals surface area contributed by atoms with Crippen molar-refractivity contribution in [2.75, 3.05) is 29.9 Å². The third-order valence-electron chi connectivity index (χ3n) is 6.68. The molecule has 2 fully saturated rings. The number of thiophene rings is 1. The summed E-state index contributed by atoms with van der Waals surface area (Å²) in [5, 5.41) is 29.7. The average Bonchev–Trinajstić information content (AvgIpc) is 3.47. The predicted molar refractivity (Wildman–Crippen MR) is 133 cm³/mol. The lowest BCUT2D eigenvalue weighted by molar-refractivity contribution is 0.202. The van der Waals surface area contributed by atoms with Gasteiger partial charge in [-0.05, 0) is 55.4 Å². The number of H-pyrrole nitrogens is 1. The standard InChI is InChI=1S/C25H25N7OS/c26-13-15-1-3-18(4-2-15)21-11-20-23(34-21)24(28-22-12-19(30-31-22)17-5-6-17)29-25(27-20)32-9-7-16(14-33)8-10-32/h1-4,11-12,16-17,33H,5-10,14H2,(H2,27,28,29,30,31). The van der Waals surface area contributed by atoms with Crippen LogP contribution in [0.5, 0.6) is 0 Å². The Morgan fingerprint density at radius 2 is 1.91 bits per heavy atom. The smallest absolute Gasteiger partial charge is 0.227 e. The molecular weight excluding hydrogens is 446 g/mol. The van der Waals surface area contributed by atoms with E-state index in [9.17, 15) is 5.11 Å². The van der Waals surface area contributed by atoms with E-state index >= 15 is 0 Å². The molecular formula is C25H25N7OS. The van der Waals surface area contributed by atoms with Crippen molar-refractivity contribution in [2.24, 2.45) is 5.92 Å². The lowest BCUT2D eigenvalue weighted by atomic mass is 9.98. The van der Waals surface area contributed by atoms with E-state index in [1.807, 2.05) is 24.3 Å². The van der Waals surface area contributed by atoms with Gasteiger partial charge in [0.05, 0.1) is 21.8 Å². The molecule has 3 N–H and O–H groups in total. The second kappa shape index (κ2) is 8.70. The number of nitriles is 1. The fourth-order valence-corrected chi connectivity index (χ4v) is 5.48. The zero-order chi connectivity index (χ0) is 23.1. The molecule has 0 atom stereocenters. The largest absolute Gasteiger partial charge is 0.396 e. The van der Waals surface area contributed by atoms with Crippen molar-refractivity contribution in [1.29, 1.82) is 5.26 Å². The number of aromatic amines is 1. The minimum Gasteiger partial charge on any atom is -0.396 e. The van der Waals surface area contributed by atoms with Gasteiger partial charge in [-0.1, -0.05) is 12.1 Å². The number of anilines is 3. The van der Waals surface area contributed by atoms with Gasteiger partial charge in [0, 0.05) is 42.3 Å². The van der Waals surface area contributed by atoms with Gasteiger partial charge < -0.3 is 15.3 Å². The van der Waals surface area contributed by atoms with E-state index in [0.29, 0.717) is 23.3 Å². The van der Waals surface area contributed by atoms with Gasteiger partial charge in [-0.25, -0.2) is 4.98 Å².